The Kier molecular flexibility index (Phi) is 7.08. The van der Waals surface area contributed by atoms with Crippen LogP contribution in [0.4, 0.5) is 11.4 Å². The van der Waals surface area contributed by atoms with E-state index >= 15 is 0 Å². The summed E-state index contributed by atoms with van der Waals surface area (Å²) in [5.41, 5.74) is 4.52. The number of phenols is 2. The molecule has 0 bridgehead atoms. The van der Waals surface area contributed by atoms with Crippen LogP contribution in [0, 0.1) is 0 Å². The predicted molar refractivity (Wildman–Crippen MR) is 136 cm³/mol. The van der Waals surface area contributed by atoms with E-state index in [1.165, 1.54) is 0 Å². The number of benzene rings is 4. The molecule has 4 aromatic carbocycles. The van der Waals surface area contributed by atoms with Gasteiger partial charge < -0.3 is 10.2 Å². The van der Waals surface area contributed by atoms with E-state index in [1.807, 2.05) is 48.5 Å². The van der Waals surface area contributed by atoms with Gasteiger partial charge in [-0.2, -0.15) is 0 Å². The molecule has 6 heteroatoms. The zero-order chi connectivity index (χ0) is 23.2. The van der Waals surface area contributed by atoms with Crippen molar-refractivity contribution in [2.24, 2.45) is 9.98 Å². The number of hydrogen-bond donors (Lipinski definition) is 2. The number of phenolic OH excluding ortho intramolecular Hbond substituents is 2. The number of aliphatic imine (C=N–C) groups is 2. The Morgan fingerprint density at radius 1 is 0.606 bits per heavy atom. The molecule has 0 aliphatic carbocycles. The van der Waals surface area contributed by atoms with Gasteiger partial charge in [-0.15, -0.1) is 0 Å². The first kappa shape index (κ1) is 22.6. The van der Waals surface area contributed by atoms with Gasteiger partial charge >= 0.3 is 0 Å². The molecular weight excluding hydrogens is 455 g/mol. The smallest absolute Gasteiger partial charge is 0.124 e. The van der Waals surface area contributed by atoms with E-state index in [4.69, 9.17) is 23.2 Å². The highest BCUT2D eigenvalue weighted by Gasteiger charge is 2.06. The van der Waals surface area contributed by atoms with Crippen LogP contribution in [0.5, 0.6) is 11.5 Å². The van der Waals surface area contributed by atoms with E-state index < -0.39 is 0 Å². The van der Waals surface area contributed by atoms with Gasteiger partial charge in [0, 0.05) is 23.6 Å². The van der Waals surface area contributed by atoms with Crippen molar-refractivity contribution in [2.45, 2.75) is 6.42 Å². The van der Waals surface area contributed by atoms with Crippen LogP contribution in [0.1, 0.15) is 22.3 Å². The molecule has 0 spiro atoms. The second kappa shape index (κ2) is 10.3. The summed E-state index contributed by atoms with van der Waals surface area (Å²) >= 11 is 12.9. The van der Waals surface area contributed by atoms with Gasteiger partial charge in [0.15, 0.2) is 0 Å². The lowest BCUT2D eigenvalue weighted by atomic mass is 10.0. The second-order valence-electron chi connectivity index (χ2n) is 7.38. The molecule has 0 unspecified atom stereocenters. The largest absolute Gasteiger partial charge is 0.507 e. The summed E-state index contributed by atoms with van der Waals surface area (Å²) < 4.78 is 0. The predicted octanol–water partition coefficient (Wildman–Crippen LogP) is 7.50. The summed E-state index contributed by atoms with van der Waals surface area (Å²) in [4.78, 5) is 8.78. The van der Waals surface area contributed by atoms with Crippen LogP contribution in [0.15, 0.2) is 94.9 Å². The van der Waals surface area contributed by atoms with Gasteiger partial charge in [-0.1, -0.05) is 59.6 Å². The lowest BCUT2D eigenvalue weighted by Gasteiger charge is -2.07. The summed E-state index contributed by atoms with van der Waals surface area (Å²) in [5.74, 6) is 0.332. The average molecular weight is 475 g/mol. The fourth-order valence-electron chi connectivity index (χ4n) is 3.24. The van der Waals surface area contributed by atoms with Crippen molar-refractivity contribution in [3.8, 4) is 11.5 Å². The minimum absolute atomic E-state index is 0.166. The highest BCUT2D eigenvalue weighted by atomic mass is 35.5. The van der Waals surface area contributed by atoms with E-state index in [0.717, 1.165) is 11.1 Å². The van der Waals surface area contributed by atoms with Gasteiger partial charge in [-0.3, -0.25) is 9.98 Å². The molecule has 4 nitrogen and oxygen atoms in total. The van der Waals surface area contributed by atoms with Crippen LogP contribution in [0.25, 0.3) is 0 Å². The number of aromatic hydroxyl groups is 2. The molecule has 0 aliphatic rings. The second-order valence-corrected chi connectivity index (χ2v) is 8.20. The van der Waals surface area contributed by atoms with Crippen LogP contribution < -0.4 is 0 Å². The van der Waals surface area contributed by atoms with Crippen LogP contribution >= 0.6 is 23.2 Å². The third-order valence-electron chi connectivity index (χ3n) is 4.99. The Morgan fingerprint density at radius 2 is 1.03 bits per heavy atom. The van der Waals surface area contributed by atoms with Crippen molar-refractivity contribution in [3.05, 3.63) is 117 Å². The molecule has 0 amide bonds. The fourth-order valence-corrected chi connectivity index (χ4v) is 3.74. The molecule has 164 valence electrons. The van der Waals surface area contributed by atoms with Crippen molar-refractivity contribution in [1.82, 2.24) is 0 Å². The van der Waals surface area contributed by atoms with Crippen molar-refractivity contribution >= 4 is 47.0 Å². The van der Waals surface area contributed by atoms with Crippen LogP contribution in [-0.4, -0.2) is 22.6 Å². The number of hydrogen-bond acceptors (Lipinski definition) is 4. The van der Waals surface area contributed by atoms with Gasteiger partial charge in [-0.05, 0) is 66.1 Å². The van der Waals surface area contributed by atoms with Gasteiger partial charge in [-0.25, -0.2) is 0 Å². The molecule has 4 aromatic rings. The maximum absolute atomic E-state index is 9.86. The lowest BCUT2D eigenvalue weighted by molar-refractivity contribution is 0.474. The van der Waals surface area contributed by atoms with Crippen molar-refractivity contribution in [3.63, 3.8) is 0 Å². The van der Waals surface area contributed by atoms with Crippen molar-refractivity contribution in [2.75, 3.05) is 0 Å². The Bertz CT molecular complexity index is 1250. The molecule has 0 aromatic heterocycles. The highest BCUT2D eigenvalue weighted by Crippen LogP contribution is 2.30. The Morgan fingerprint density at radius 3 is 1.42 bits per heavy atom. The number of nitrogens with zero attached hydrogens (tertiary/aromatic N) is 2. The fraction of sp³-hybridized carbons (Fsp3) is 0.0370. The first-order valence-electron chi connectivity index (χ1n) is 10.2. The number of para-hydroxylation sites is 2. The van der Waals surface area contributed by atoms with E-state index in [1.54, 1.807) is 48.8 Å². The number of halogens is 2. The van der Waals surface area contributed by atoms with Gasteiger partial charge in [0.05, 0.1) is 21.4 Å². The van der Waals surface area contributed by atoms with Gasteiger partial charge in [0.1, 0.15) is 11.5 Å². The van der Waals surface area contributed by atoms with E-state index in [0.29, 0.717) is 39.0 Å². The molecule has 0 fully saturated rings. The molecular formula is C27H20Cl2N2O2. The molecule has 0 aliphatic heterocycles. The summed E-state index contributed by atoms with van der Waals surface area (Å²) in [6.07, 6.45) is 3.82. The Balaban J connectivity index is 1.47. The van der Waals surface area contributed by atoms with E-state index in [9.17, 15) is 10.2 Å². The van der Waals surface area contributed by atoms with Gasteiger partial charge in [0.2, 0.25) is 0 Å². The summed E-state index contributed by atoms with van der Waals surface area (Å²) in [7, 11) is 0. The Labute approximate surface area is 202 Å². The maximum atomic E-state index is 9.86. The molecule has 0 heterocycles. The lowest BCUT2D eigenvalue weighted by Crippen LogP contribution is -1.89. The number of rotatable bonds is 6. The van der Waals surface area contributed by atoms with Crippen LogP contribution in [0.2, 0.25) is 10.0 Å². The average Bonchev–Trinajstić information content (AvgIpc) is 2.80. The van der Waals surface area contributed by atoms with E-state index in [2.05, 4.69) is 9.98 Å². The minimum atomic E-state index is 0.166. The molecule has 0 radical (unpaired) electrons. The highest BCUT2D eigenvalue weighted by molar-refractivity contribution is 6.33. The molecule has 2 N–H and O–H groups in total. The standard InChI is InChI=1S/C27H20Cl2N2O2/c28-22-14-18(9-11-24(22)30-16-20-5-1-3-7-26(20)32)13-19-10-12-25(23(29)15-19)31-17-21-6-2-4-8-27(21)33/h1-12,14-17,32-33H,13H2. The topological polar surface area (TPSA) is 65.2 Å². The summed E-state index contributed by atoms with van der Waals surface area (Å²) in [5, 5.41) is 20.8. The quantitative estimate of drug-likeness (QED) is 0.284. The maximum Gasteiger partial charge on any atom is 0.124 e. The molecule has 0 saturated heterocycles. The third-order valence-corrected chi connectivity index (χ3v) is 5.60. The van der Waals surface area contributed by atoms with Crippen molar-refractivity contribution < 1.29 is 10.2 Å². The molecule has 0 saturated carbocycles. The minimum Gasteiger partial charge on any atom is -0.507 e. The van der Waals surface area contributed by atoms with Crippen molar-refractivity contribution in [1.29, 1.82) is 0 Å². The van der Waals surface area contributed by atoms with E-state index in [-0.39, 0.29) is 11.5 Å². The van der Waals surface area contributed by atoms with Crippen LogP contribution in [-0.2, 0) is 6.42 Å². The summed E-state index contributed by atoms with van der Waals surface area (Å²) in [6.45, 7) is 0. The molecule has 0 atom stereocenters. The zero-order valence-corrected chi connectivity index (χ0v) is 19.0. The zero-order valence-electron chi connectivity index (χ0n) is 17.5. The summed E-state index contributed by atoms with van der Waals surface area (Å²) in [6, 6.07) is 25.3. The Hall–Kier alpha value is -3.60. The normalized spacial score (nSPS) is 11.5. The van der Waals surface area contributed by atoms with Crippen LogP contribution in [0.3, 0.4) is 0 Å². The third kappa shape index (κ3) is 5.80. The first-order valence-corrected chi connectivity index (χ1v) is 11.0. The first-order chi connectivity index (χ1) is 16.0. The SMILES string of the molecule is Oc1ccccc1C=Nc1ccc(Cc2ccc(N=Cc3ccccc3O)c(Cl)c2)cc1Cl. The molecule has 33 heavy (non-hydrogen) atoms. The van der Waals surface area contributed by atoms with Gasteiger partial charge in [0.25, 0.3) is 0 Å². The molecule has 4 rings (SSSR count). The monoisotopic (exact) mass is 474 g/mol.